The highest BCUT2D eigenvalue weighted by Crippen LogP contribution is 2.67. The first kappa shape index (κ1) is 11.1. The van der Waals surface area contributed by atoms with Gasteiger partial charge in [0.15, 0.2) is 0 Å². The van der Waals surface area contributed by atoms with Gasteiger partial charge in [-0.15, -0.1) is 0 Å². The van der Waals surface area contributed by atoms with Gasteiger partial charge in [0, 0.05) is 0 Å². The molecule has 4 rings (SSSR count). The molecule has 4 aliphatic rings. The quantitative estimate of drug-likeness (QED) is 0.404. The topological polar surface area (TPSA) is 138 Å². The first-order valence-corrected chi connectivity index (χ1v) is 5.78. The molecule has 0 aliphatic carbocycles. The van der Waals surface area contributed by atoms with E-state index in [2.05, 4.69) is 23.0 Å². The summed E-state index contributed by atoms with van der Waals surface area (Å²) >= 11 is 0. The molecule has 0 saturated carbocycles. The zero-order valence-electron chi connectivity index (χ0n) is 7.89. The fourth-order valence-electron chi connectivity index (χ4n) is 1.55. The number of carbonyl (C=O) groups excluding carboxylic acids is 2. The molecule has 4 atom stereocenters. The van der Waals surface area contributed by atoms with E-state index in [1.165, 1.54) is 0 Å². The summed E-state index contributed by atoms with van der Waals surface area (Å²) in [7, 11) is -4.44. The standard InChI is InChI=1S/C6H5O10P/c7-1-5-2(8)13-6(3(9)12-5)4(10)14-17(11,15-5)16-6/h4,7,10H,1H2. The molecular weight excluding hydrogens is 263 g/mol. The van der Waals surface area contributed by atoms with E-state index in [1.54, 1.807) is 0 Å². The Morgan fingerprint density at radius 2 is 1.94 bits per heavy atom. The lowest BCUT2D eigenvalue weighted by Gasteiger charge is -2.36. The van der Waals surface area contributed by atoms with Crippen LogP contribution >= 0.6 is 7.82 Å². The predicted octanol–water partition coefficient (Wildman–Crippen LogP) is -2.03. The highest BCUT2D eigenvalue weighted by atomic mass is 31.2. The number of aliphatic hydroxyl groups is 2. The van der Waals surface area contributed by atoms with Gasteiger partial charge in [0.1, 0.15) is 6.61 Å². The summed E-state index contributed by atoms with van der Waals surface area (Å²) < 4.78 is 34.3. The Hall–Kier alpha value is -1.03. The average molecular weight is 268 g/mol. The van der Waals surface area contributed by atoms with E-state index in [1.807, 2.05) is 0 Å². The number of aliphatic hydroxyl groups excluding tert-OH is 2. The molecule has 11 heteroatoms. The Morgan fingerprint density at radius 1 is 1.24 bits per heavy atom. The molecule has 0 aromatic heterocycles. The maximum Gasteiger partial charge on any atom is 0.485 e. The second kappa shape index (κ2) is 2.86. The second-order valence-electron chi connectivity index (χ2n) is 3.45. The van der Waals surface area contributed by atoms with E-state index < -0.39 is 44.2 Å². The van der Waals surface area contributed by atoms with Crippen LogP contribution in [0, 0.1) is 0 Å². The smallest absolute Gasteiger partial charge is 0.414 e. The number of rotatable bonds is 1. The fourth-order valence-corrected chi connectivity index (χ4v) is 3.13. The summed E-state index contributed by atoms with van der Waals surface area (Å²) in [5.74, 6) is -7.98. The van der Waals surface area contributed by atoms with Crippen LogP contribution in [0.4, 0.5) is 0 Å². The minimum atomic E-state index is -4.44. The van der Waals surface area contributed by atoms with Crippen LogP contribution in [0.25, 0.3) is 0 Å². The molecule has 10 nitrogen and oxygen atoms in total. The molecule has 4 heterocycles. The van der Waals surface area contributed by atoms with Gasteiger partial charge in [0.05, 0.1) is 0 Å². The minimum absolute atomic E-state index is 1.14. The van der Waals surface area contributed by atoms with Crippen molar-refractivity contribution in [1.29, 1.82) is 0 Å². The molecule has 4 saturated heterocycles. The van der Waals surface area contributed by atoms with Crippen LogP contribution < -0.4 is 0 Å². The monoisotopic (exact) mass is 268 g/mol. The predicted molar refractivity (Wildman–Crippen MR) is 41.6 cm³/mol. The van der Waals surface area contributed by atoms with Crippen molar-refractivity contribution in [3.63, 3.8) is 0 Å². The summed E-state index contributed by atoms with van der Waals surface area (Å²) in [6, 6.07) is 0. The van der Waals surface area contributed by atoms with Gasteiger partial charge in [-0.3, -0.25) is 0 Å². The third kappa shape index (κ3) is 1.14. The SMILES string of the molecule is O=C1OC23OP(=O)(OC2O)OC1(CO)OC3=O. The van der Waals surface area contributed by atoms with Crippen molar-refractivity contribution in [2.24, 2.45) is 0 Å². The number of carbonyl (C=O) groups is 2. The van der Waals surface area contributed by atoms with Gasteiger partial charge >= 0.3 is 31.3 Å². The lowest BCUT2D eigenvalue weighted by Crippen LogP contribution is -2.64. The van der Waals surface area contributed by atoms with Crippen molar-refractivity contribution in [2.45, 2.75) is 17.9 Å². The third-order valence-corrected chi connectivity index (χ3v) is 3.84. The number of hydrogen-bond donors (Lipinski definition) is 2. The van der Waals surface area contributed by atoms with Crippen molar-refractivity contribution in [1.82, 2.24) is 0 Å². The van der Waals surface area contributed by atoms with Crippen LogP contribution in [0.2, 0.25) is 0 Å². The van der Waals surface area contributed by atoms with E-state index in [0.29, 0.717) is 0 Å². The van der Waals surface area contributed by atoms with Gasteiger partial charge in [-0.25, -0.2) is 27.7 Å². The van der Waals surface area contributed by atoms with Crippen molar-refractivity contribution >= 4 is 19.8 Å². The van der Waals surface area contributed by atoms with E-state index in [4.69, 9.17) is 5.11 Å². The zero-order chi connectivity index (χ0) is 12.5. The number of fused-ring (bicyclic) bond motifs is 2. The number of esters is 2. The first-order chi connectivity index (χ1) is 7.86. The van der Waals surface area contributed by atoms with E-state index in [0.717, 1.165) is 0 Å². The van der Waals surface area contributed by atoms with Gasteiger partial charge < -0.3 is 19.7 Å². The highest BCUT2D eigenvalue weighted by Gasteiger charge is 2.77. The van der Waals surface area contributed by atoms with E-state index in [9.17, 15) is 19.3 Å². The maximum absolute atomic E-state index is 11.8. The van der Waals surface area contributed by atoms with Crippen molar-refractivity contribution in [3.8, 4) is 0 Å². The number of phosphoric acid groups is 1. The fraction of sp³-hybridized carbons (Fsp3) is 0.667. The Balaban J connectivity index is 2.20. The molecule has 0 amide bonds. The lowest BCUT2D eigenvalue weighted by molar-refractivity contribution is -0.307. The molecular formula is C6H5O10P. The second-order valence-corrected chi connectivity index (χ2v) is 4.92. The molecule has 0 aromatic carbocycles. The Morgan fingerprint density at radius 3 is 2.59 bits per heavy atom. The normalized spacial score (nSPS) is 52.0. The number of phosphoric ester groups is 1. The maximum atomic E-state index is 11.8. The van der Waals surface area contributed by atoms with Crippen LogP contribution in [-0.4, -0.2) is 46.6 Å². The molecule has 0 aromatic rings. The number of ether oxygens (including phenoxy) is 2. The molecule has 0 radical (unpaired) electrons. The van der Waals surface area contributed by atoms with Crippen LogP contribution in [-0.2, 0) is 37.2 Å². The molecule has 4 fully saturated rings. The molecule has 3 bridgehead atoms. The summed E-state index contributed by atoms with van der Waals surface area (Å²) in [6.07, 6.45) is -2.14. The summed E-state index contributed by atoms with van der Waals surface area (Å²) in [6.45, 7) is -1.14. The Kier molecular flexibility index (Phi) is 1.86. The van der Waals surface area contributed by atoms with Gasteiger partial charge in [0.25, 0.3) is 0 Å². The summed E-state index contributed by atoms with van der Waals surface area (Å²) in [5, 5.41) is 18.4. The largest absolute Gasteiger partial charge is 0.485 e. The highest BCUT2D eigenvalue weighted by molar-refractivity contribution is 7.49. The molecule has 2 N–H and O–H groups in total. The van der Waals surface area contributed by atoms with Gasteiger partial charge in [-0.1, -0.05) is 0 Å². The van der Waals surface area contributed by atoms with Crippen molar-refractivity contribution in [3.05, 3.63) is 0 Å². The molecule has 4 unspecified atom stereocenters. The third-order valence-electron chi connectivity index (χ3n) is 2.37. The van der Waals surface area contributed by atoms with Gasteiger partial charge in [0.2, 0.25) is 6.29 Å². The van der Waals surface area contributed by atoms with Crippen molar-refractivity contribution < 1.29 is 47.4 Å². The molecule has 94 valence electrons. The Labute approximate surface area is 92.6 Å². The van der Waals surface area contributed by atoms with Crippen LogP contribution in [0.15, 0.2) is 0 Å². The first-order valence-electron chi connectivity index (χ1n) is 4.32. The van der Waals surface area contributed by atoms with Crippen LogP contribution in [0.5, 0.6) is 0 Å². The number of hydrogen-bond acceptors (Lipinski definition) is 10. The molecule has 17 heavy (non-hydrogen) atoms. The summed E-state index contributed by atoms with van der Waals surface area (Å²) in [5.41, 5.74) is 0. The molecule has 4 aliphatic heterocycles. The van der Waals surface area contributed by atoms with E-state index in [-0.39, 0.29) is 0 Å². The summed E-state index contributed by atoms with van der Waals surface area (Å²) in [4.78, 5) is 23.0. The van der Waals surface area contributed by atoms with Crippen molar-refractivity contribution in [2.75, 3.05) is 6.61 Å². The minimum Gasteiger partial charge on any atom is -0.414 e. The Bertz CT molecular complexity index is 473. The lowest BCUT2D eigenvalue weighted by atomic mass is 10.2. The molecule has 1 spiro atoms. The van der Waals surface area contributed by atoms with E-state index >= 15 is 0 Å². The van der Waals surface area contributed by atoms with Crippen LogP contribution in [0.1, 0.15) is 0 Å². The van der Waals surface area contributed by atoms with Gasteiger partial charge in [-0.05, 0) is 0 Å². The van der Waals surface area contributed by atoms with Gasteiger partial charge in [-0.2, -0.15) is 0 Å². The average Bonchev–Trinajstić information content (AvgIpc) is 2.37. The zero-order valence-corrected chi connectivity index (χ0v) is 8.79. The van der Waals surface area contributed by atoms with Crippen LogP contribution in [0.3, 0.4) is 0 Å².